The lowest BCUT2D eigenvalue weighted by molar-refractivity contribution is -0.135. The monoisotopic (exact) mass is 284 g/mol. The number of likely N-dealkylation sites (tertiary alicyclic amines) is 1. The number of amides is 1. The van der Waals surface area contributed by atoms with Crippen LogP contribution >= 0.6 is 0 Å². The van der Waals surface area contributed by atoms with Crippen LogP contribution in [0.3, 0.4) is 0 Å². The summed E-state index contributed by atoms with van der Waals surface area (Å²) in [5.41, 5.74) is 7.50. The molecule has 0 radical (unpaired) electrons. The average Bonchev–Trinajstić information content (AvgIpc) is 3.21. The first-order valence-electron chi connectivity index (χ1n) is 8.38. The molecule has 1 aromatic carbocycles. The molecular weight excluding hydrogens is 260 g/mol. The fraction of sp³-hybridized carbons (Fsp3) is 0.611. The number of anilines is 1. The first-order valence-corrected chi connectivity index (χ1v) is 8.38. The molecule has 2 saturated carbocycles. The summed E-state index contributed by atoms with van der Waals surface area (Å²) in [6.07, 6.45) is 8.41. The first kappa shape index (κ1) is 13.2. The Kier molecular flexibility index (Phi) is 2.98. The lowest BCUT2D eigenvalue weighted by atomic mass is 9.84. The summed E-state index contributed by atoms with van der Waals surface area (Å²) < 4.78 is 0. The van der Waals surface area contributed by atoms with Crippen LogP contribution in [0.2, 0.25) is 0 Å². The zero-order valence-electron chi connectivity index (χ0n) is 12.6. The molecule has 0 spiro atoms. The molecule has 3 fully saturated rings. The van der Waals surface area contributed by atoms with Gasteiger partial charge in [-0.05, 0) is 55.7 Å². The first-order chi connectivity index (χ1) is 10.2. The van der Waals surface area contributed by atoms with Crippen molar-refractivity contribution in [3.8, 4) is 0 Å². The van der Waals surface area contributed by atoms with Gasteiger partial charge in [-0.1, -0.05) is 25.0 Å². The Hall–Kier alpha value is -1.51. The highest BCUT2D eigenvalue weighted by Gasteiger charge is 2.55. The molecule has 1 heterocycles. The lowest BCUT2D eigenvalue weighted by Gasteiger charge is -2.34. The van der Waals surface area contributed by atoms with E-state index in [1.165, 1.54) is 37.7 Å². The topological polar surface area (TPSA) is 46.3 Å². The van der Waals surface area contributed by atoms with Gasteiger partial charge in [0.2, 0.25) is 5.91 Å². The van der Waals surface area contributed by atoms with E-state index in [0.717, 1.165) is 31.0 Å². The molecule has 3 nitrogen and oxygen atoms in total. The van der Waals surface area contributed by atoms with E-state index in [9.17, 15) is 4.79 Å². The average molecular weight is 284 g/mol. The highest BCUT2D eigenvalue weighted by molar-refractivity contribution is 5.92. The number of carbonyl (C=O) groups excluding carboxylic acids is 1. The van der Waals surface area contributed by atoms with Gasteiger partial charge in [-0.15, -0.1) is 0 Å². The third-order valence-electron chi connectivity index (χ3n) is 5.89. The van der Waals surface area contributed by atoms with Crippen LogP contribution in [0.1, 0.15) is 50.5 Å². The van der Waals surface area contributed by atoms with Crippen LogP contribution in [-0.4, -0.2) is 23.4 Å². The van der Waals surface area contributed by atoms with Gasteiger partial charge in [-0.25, -0.2) is 0 Å². The minimum atomic E-state index is -0.222. The van der Waals surface area contributed by atoms with E-state index < -0.39 is 0 Å². The molecule has 2 N–H and O–H groups in total. The summed E-state index contributed by atoms with van der Waals surface area (Å²) in [5.74, 6) is 1.16. The molecule has 1 saturated heterocycles. The summed E-state index contributed by atoms with van der Waals surface area (Å²) in [7, 11) is 0. The summed E-state index contributed by atoms with van der Waals surface area (Å²) in [6.45, 7) is 0.977. The van der Waals surface area contributed by atoms with Crippen LogP contribution in [0.15, 0.2) is 24.3 Å². The predicted molar refractivity (Wildman–Crippen MR) is 83.8 cm³/mol. The van der Waals surface area contributed by atoms with Crippen molar-refractivity contribution in [2.45, 2.75) is 56.4 Å². The summed E-state index contributed by atoms with van der Waals surface area (Å²) in [5, 5.41) is 0. The molecule has 1 amide bonds. The van der Waals surface area contributed by atoms with Gasteiger partial charge < -0.3 is 10.6 Å². The van der Waals surface area contributed by atoms with E-state index in [0.29, 0.717) is 11.9 Å². The zero-order valence-corrected chi connectivity index (χ0v) is 12.6. The second kappa shape index (κ2) is 4.75. The Morgan fingerprint density at radius 1 is 1.10 bits per heavy atom. The van der Waals surface area contributed by atoms with Crippen molar-refractivity contribution in [2.24, 2.45) is 5.92 Å². The number of benzene rings is 1. The van der Waals surface area contributed by atoms with Crippen molar-refractivity contribution < 1.29 is 4.79 Å². The van der Waals surface area contributed by atoms with Crippen LogP contribution in [0.25, 0.3) is 0 Å². The molecule has 0 bridgehead atoms. The third kappa shape index (κ3) is 2.05. The minimum absolute atomic E-state index is 0.222. The highest BCUT2D eigenvalue weighted by Crippen LogP contribution is 2.51. The van der Waals surface area contributed by atoms with Crippen molar-refractivity contribution in [1.82, 2.24) is 4.90 Å². The van der Waals surface area contributed by atoms with Gasteiger partial charge in [0.1, 0.15) is 0 Å². The number of fused-ring (bicyclic) bond motifs is 1. The van der Waals surface area contributed by atoms with E-state index in [1.54, 1.807) is 0 Å². The van der Waals surface area contributed by atoms with Gasteiger partial charge in [-0.2, -0.15) is 0 Å². The maximum Gasteiger partial charge on any atom is 0.233 e. The zero-order chi connectivity index (χ0) is 14.4. The number of carbonyl (C=O) groups is 1. The van der Waals surface area contributed by atoms with E-state index in [1.807, 2.05) is 12.1 Å². The Morgan fingerprint density at radius 3 is 2.52 bits per heavy atom. The number of hydrogen-bond donors (Lipinski definition) is 1. The van der Waals surface area contributed by atoms with Gasteiger partial charge in [0, 0.05) is 18.3 Å². The van der Waals surface area contributed by atoms with Gasteiger partial charge >= 0.3 is 0 Å². The molecular formula is C18H24N2O. The van der Waals surface area contributed by atoms with Crippen LogP contribution in [0.4, 0.5) is 5.69 Å². The Balaban J connectivity index is 1.58. The molecule has 2 unspecified atom stereocenters. The van der Waals surface area contributed by atoms with E-state index in [4.69, 9.17) is 5.73 Å². The molecule has 0 aromatic heterocycles. The SMILES string of the molecule is Nc1ccc(C2(C(=O)N3CCC4CCCCC43)CC2)cc1. The molecule has 3 heteroatoms. The normalized spacial score (nSPS) is 30.0. The molecule has 3 aliphatic rings. The van der Waals surface area contributed by atoms with Gasteiger partial charge in [0.15, 0.2) is 0 Å². The number of nitrogens with zero attached hydrogens (tertiary/aromatic N) is 1. The van der Waals surface area contributed by atoms with Crippen molar-refractivity contribution in [1.29, 1.82) is 0 Å². The van der Waals surface area contributed by atoms with Crippen molar-refractivity contribution >= 4 is 11.6 Å². The second-order valence-corrected chi connectivity index (χ2v) is 7.10. The number of rotatable bonds is 2. The number of nitrogen functional groups attached to an aromatic ring is 1. The number of nitrogens with two attached hydrogens (primary N) is 1. The van der Waals surface area contributed by atoms with Gasteiger partial charge in [0.25, 0.3) is 0 Å². The van der Waals surface area contributed by atoms with Crippen molar-refractivity contribution in [3.05, 3.63) is 29.8 Å². The van der Waals surface area contributed by atoms with Crippen molar-refractivity contribution in [2.75, 3.05) is 12.3 Å². The Morgan fingerprint density at radius 2 is 1.81 bits per heavy atom. The maximum absolute atomic E-state index is 13.2. The van der Waals surface area contributed by atoms with Crippen LogP contribution < -0.4 is 5.73 Å². The summed E-state index contributed by atoms with van der Waals surface area (Å²) in [6, 6.07) is 8.48. The van der Waals surface area contributed by atoms with E-state index in [2.05, 4.69) is 17.0 Å². The van der Waals surface area contributed by atoms with Gasteiger partial charge in [0.05, 0.1) is 5.41 Å². The molecule has 2 aliphatic carbocycles. The van der Waals surface area contributed by atoms with Crippen LogP contribution in [-0.2, 0) is 10.2 Å². The predicted octanol–water partition coefficient (Wildman–Crippen LogP) is 3.09. The number of hydrogen-bond acceptors (Lipinski definition) is 2. The maximum atomic E-state index is 13.2. The van der Waals surface area contributed by atoms with E-state index in [-0.39, 0.29) is 5.41 Å². The summed E-state index contributed by atoms with van der Waals surface area (Å²) in [4.78, 5) is 15.4. The quantitative estimate of drug-likeness (QED) is 0.848. The summed E-state index contributed by atoms with van der Waals surface area (Å²) >= 11 is 0. The Labute approximate surface area is 126 Å². The molecule has 4 rings (SSSR count). The highest BCUT2D eigenvalue weighted by atomic mass is 16.2. The molecule has 1 aliphatic heterocycles. The van der Waals surface area contributed by atoms with Crippen molar-refractivity contribution in [3.63, 3.8) is 0 Å². The molecule has 1 aromatic rings. The second-order valence-electron chi connectivity index (χ2n) is 7.10. The third-order valence-corrected chi connectivity index (χ3v) is 5.89. The van der Waals surface area contributed by atoms with E-state index >= 15 is 0 Å². The standard InChI is InChI=1S/C18H24N2O/c19-15-7-5-14(6-8-15)18(10-11-18)17(21)20-12-9-13-3-1-2-4-16(13)20/h5-8,13,16H,1-4,9-12,19H2. The Bertz CT molecular complexity index is 547. The fourth-order valence-electron chi connectivity index (χ4n) is 4.49. The minimum Gasteiger partial charge on any atom is -0.399 e. The molecule has 2 atom stereocenters. The fourth-order valence-corrected chi connectivity index (χ4v) is 4.49. The smallest absolute Gasteiger partial charge is 0.233 e. The van der Waals surface area contributed by atoms with Crippen LogP contribution in [0, 0.1) is 5.92 Å². The van der Waals surface area contributed by atoms with Gasteiger partial charge in [-0.3, -0.25) is 4.79 Å². The lowest BCUT2D eigenvalue weighted by Crippen LogP contribution is -2.44. The molecule has 21 heavy (non-hydrogen) atoms. The molecule has 112 valence electrons. The van der Waals surface area contributed by atoms with Crippen LogP contribution in [0.5, 0.6) is 0 Å². The largest absolute Gasteiger partial charge is 0.399 e.